The Bertz CT molecular complexity index is 477. The van der Waals surface area contributed by atoms with Crippen LogP contribution >= 0.6 is 0 Å². The average molecular weight is 292 g/mol. The van der Waals surface area contributed by atoms with Gasteiger partial charge in [0.25, 0.3) is 0 Å². The van der Waals surface area contributed by atoms with Crippen LogP contribution < -0.4 is 0 Å². The van der Waals surface area contributed by atoms with Crippen LogP contribution in [0.25, 0.3) is 0 Å². The number of hydrogen-bond donors (Lipinski definition) is 0. The third-order valence-electron chi connectivity index (χ3n) is 3.50. The zero-order valence-corrected chi connectivity index (χ0v) is 12.2. The summed E-state index contributed by atoms with van der Waals surface area (Å²) in [5, 5.41) is 0. The zero-order valence-electron chi connectivity index (χ0n) is 12.2. The van der Waals surface area contributed by atoms with Gasteiger partial charge in [0.15, 0.2) is 5.79 Å². The number of esters is 1. The van der Waals surface area contributed by atoms with Crippen LogP contribution in [0.5, 0.6) is 0 Å². The Balaban J connectivity index is 1.90. The molecule has 0 amide bonds. The van der Waals surface area contributed by atoms with E-state index in [0.717, 1.165) is 5.56 Å². The fraction of sp³-hybridized carbons (Fsp3) is 0.500. The number of ketones is 1. The van der Waals surface area contributed by atoms with Crippen molar-refractivity contribution in [2.75, 3.05) is 20.3 Å². The second-order valence-corrected chi connectivity index (χ2v) is 4.96. The first-order valence-electron chi connectivity index (χ1n) is 7.08. The first-order chi connectivity index (χ1) is 10.2. The number of ether oxygens (including phenoxy) is 3. The molecule has 0 aliphatic carbocycles. The van der Waals surface area contributed by atoms with Crippen molar-refractivity contribution in [2.45, 2.75) is 31.5 Å². The van der Waals surface area contributed by atoms with E-state index >= 15 is 0 Å². The Hall–Kier alpha value is -1.72. The molecule has 1 aliphatic rings. The second-order valence-electron chi connectivity index (χ2n) is 4.96. The van der Waals surface area contributed by atoms with Gasteiger partial charge in [-0.2, -0.15) is 0 Å². The fourth-order valence-electron chi connectivity index (χ4n) is 2.44. The highest BCUT2D eigenvalue weighted by Crippen LogP contribution is 2.36. The zero-order chi connectivity index (χ0) is 15.1. The van der Waals surface area contributed by atoms with Gasteiger partial charge < -0.3 is 14.2 Å². The van der Waals surface area contributed by atoms with Gasteiger partial charge in [0.05, 0.1) is 20.3 Å². The topological polar surface area (TPSA) is 61.8 Å². The van der Waals surface area contributed by atoms with Gasteiger partial charge in [0, 0.05) is 18.4 Å². The smallest absolute Gasteiger partial charge is 0.313 e. The normalized spacial score (nSPS) is 16.6. The molecule has 1 saturated heterocycles. The first kappa shape index (κ1) is 15.7. The van der Waals surface area contributed by atoms with Crippen molar-refractivity contribution in [2.24, 2.45) is 0 Å². The van der Waals surface area contributed by atoms with Crippen molar-refractivity contribution in [1.82, 2.24) is 0 Å². The number of carbonyl (C=O) groups excluding carboxylic acids is 2. The Labute approximate surface area is 124 Å². The first-order valence-corrected chi connectivity index (χ1v) is 7.08. The lowest BCUT2D eigenvalue weighted by molar-refractivity contribution is -0.171. The molecule has 0 aromatic heterocycles. The van der Waals surface area contributed by atoms with E-state index in [-0.39, 0.29) is 12.2 Å². The minimum Gasteiger partial charge on any atom is -0.469 e. The third-order valence-corrected chi connectivity index (χ3v) is 3.50. The van der Waals surface area contributed by atoms with Gasteiger partial charge in [-0.1, -0.05) is 30.3 Å². The van der Waals surface area contributed by atoms with Crippen LogP contribution in [-0.4, -0.2) is 32.1 Å². The molecule has 1 heterocycles. The Morgan fingerprint density at radius 2 is 1.86 bits per heavy atom. The Morgan fingerprint density at radius 3 is 2.48 bits per heavy atom. The predicted molar refractivity (Wildman–Crippen MR) is 75.5 cm³/mol. The lowest BCUT2D eigenvalue weighted by Crippen LogP contribution is -2.27. The molecule has 1 aliphatic heterocycles. The summed E-state index contributed by atoms with van der Waals surface area (Å²) in [5.74, 6) is -1.37. The SMILES string of the molecule is COC(=O)CC(=O)CCCC1(c2ccccc2)OCCO1. The quantitative estimate of drug-likeness (QED) is 0.569. The highest BCUT2D eigenvalue weighted by Gasteiger charge is 2.37. The van der Waals surface area contributed by atoms with E-state index in [9.17, 15) is 9.59 Å². The summed E-state index contributed by atoms with van der Waals surface area (Å²) in [4.78, 5) is 22.7. The van der Waals surface area contributed by atoms with E-state index in [1.165, 1.54) is 7.11 Å². The van der Waals surface area contributed by atoms with Crippen LogP contribution in [0.2, 0.25) is 0 Å². The molecule has 1 fully saturated rings. The molecule has 0 atom stereocenters. The average Bonchev–Trinajstić information content (AvgIpc) is 2.98. The van der Waals surface area contributed by atoms with E-state index in [1.54, 1.807) is 0 Å². The molecule has 0 radical (unpaired) electrons. The molecule has 2 rings (SSSR count). The van der Waals surface area contributed by atoms with Crippen molar-refractivity contribution in [3.8, 4) is 0 Å². The third kappa shape index (κ3) is 4.12. The summed E-state index contributed by atoms with van der Waals surface area (Å²) in [5.41, 5.74) is 0.961. The molecule has 1 aromatic carbocycles. The van der Waals surface area contributed by atoms with Crippen LogP contribution in [0.1, 0.15) is 31.2 Å². The molecular weight excluding hydrogens is 272 g/mol. The number of hydrogen-bond acceptors (Lipinski definition) is 5. The van der Waals surface area contributed by atoms with Crippen molar-refractivity contribution in [1.29, 1.82) is 0 Å². The summed E-state index contributed by atoms with van der Waals surface area (Å²) in [7, 11) is 1.28. The highest BCUT2D eigenvalue weighted by atomic mass is 16.7. The van der Waals surface area contributed by atoms with Gasteiger partial charge in [-0.25, -0.2) is 0 Å². The van der Waals surface area contributed by atoms with Crippen molar-refractivity contribution >= 4 is 11.8 Å². The monoisotopic (exact) mass is 292 g/mol. The summed E-state index contributed by atoms with van der Waals surface area (Å²) >= 11 is 0. The highest BCUT2D eigenvalue weighted by molar-refractivity contribution is 5.95. The Morgan fingerprint density at radius 1 is 1.19 bits per heavy atom. The number of rotatable bonds is 7. The number of benzene rings is 1. The van der Waals surface area contributed by atoms with Gasteiger partial charge in [0.1, 0.15) is 12.2 Å². The molecule has 21 heavy (non-hydrogen) atoms. The maximum absolute atomic E-state index is 11.6. The molecule has 1 aromatic rings. The van der Waals surface area contributed by atoms with Crippen LogP contribution in [0.15, 0.2) is 30.3 Å². The molecule has 5 heteroatoms. The largest absolute Gasteiger partial charge is 0.469 e. The standard InChI is InChI=1S/C16H20O5/c1-19-15(18)12-14(17)8-5-9-16(20-10-11-21-16)13-6-3-2-4-7-13/h2-4,6-7H,5,8-12H2,1H3. The second kappa shape index (κ2) is 7.33. The van der Waals surface area contributed by atoms with Gasteiger partial charge in [0.2, 0.25) is 0 Å². The molecule has 5 nitrogen and oxygen atoms in total. The molecule has 0 spiro atoms. The van der Waals surface area contributed by atoms with Gasteiger partial charge in [-0.05, 0) is 6.42 Å². The molecule has 0 N–H and O–H groups in total. The number of methoxy groups -OCH3 is 1. The summed E-state index contributed by atoms with van der Waals surface area (Å²) < 4.78 is 16.1. The maximum atomic E-state index is 11.6. The predicted octanol–water partition coefficient (Wildman–Crippen LogP) is 2.19. The Kier molecular flexibility index (Phi) is 5.47. The van der Waals surface area contributed by atoms with E-state index in [0.29, 0.717) is 32.5 Å². The summed E-state index contributed by atoms with van der Waals surface area (Å²) in [6.07, 6.45) is 1.33. The molecule has 0 bridgehead atoms. The number of carbonyl (C=O) groups is 2. The lowest BCUT2D eigenvalue weighted by Gasteiger charge is -2.27. The molecule has 0 saturated carbocycles. The minimum absolute atomic E-state index is 0.122. The van der Waals surface area contributed by atoms with Crippen molar-refractivity contribution in [3.05, 3.63) is 35.9 Å². The van der Waals surface area contributed by atoms with E-state index in [4.69, 9.17) is 9.47 Å². The molecule has 0 unspecified atom stereocenters. The van der Waals surface area contributed by atoms with E-state index in [2.05, 4.69) is 4.74 Å². The molecular formula is C16H20O5. The van der Waals surface area contributed by atoms with E-state index in [1.807, 2.05) is 30.3 Å². The maximum Gasteiger partial charge on any atom is 0.313 e. The number of Topliss-reactive ketones (excluding diaryl/α,β-unsaturated/α-hetero) is 1. The van der Waals surface area contributed by atoms with Crippen molar-refractivity contribution < 1.29 is 23.8 Å². The summed E-state index contributed by atoms with van der Waals surface area (Å²) in [6.45, 7) is 1.09. The summed E-state index contributed by atoms with van der Waals surface area (Å²) in [6, 6.07) is 9.73. The van der Waals surface area contributed by atoms with Gasteiger partial charge >= 0.3 is 5.97 Å². The lowest BCUT2D eigenvalue weighted by atomic mass is 9.98. The van der Waals surface area contributed by atoms with Gasteiger partial charge in [-0.15, -0.1) is 0 Å². The van der Waals surface area contributed by atoms with Crippen LogP contribution in [0, 0.1) is 0 Å². The minimum atomic E-state index is -0.757. The van der Waals surface area contributed by atoms with Crippen molar-refractivity contribution in [3.63, 3.8) is 0 Å². The van der Waals surface area contributed by atoms with Gasteiger partial charge in [-0.3, -0.25) is 9.59 Å². The van der Waals surface area contributed by atoms with Crippen LogP contribution in [-0.2, 0) is 29.6 Å². The fourth-order valence-corrected chi connectivity index (χ4v) is 2.44. The van der Waals surface area contributed by atoms with E-state index < -0.39 is 11.8 Å². The molecule has 114 valence electrons. The van der Waals surface area contributed by atoms with Crippen LogP contribution in [0.4, 0.5) is 0 Å². The van der Waals surface area contributed by atoms with Crippen LogP contribution in [0.3, 0.4) is 0 Å².